The van der Waals surface area contributed by atoms with Crippen LogP contribution in [-0.2, 0) is 5.75 Å². The zero-order valence-electron chi connectivity index (χ0n) is 9.23. The Labute approximate surface area is 118 Å². The summed E-state index contributed by atoms with van der Waals surface area (Å²) in [4.78, 5) is 5.99. The molecule has 0 unspecified atom stereocenters. The van der Waals surface area contributed by atoms with E-state index in [4.69, 9.17) is 4.98 Å². The molecule has 1 aliphatic rings. The molecule has 1 aliphatic carbocycles. The summed E-state index contributed by atoms with van der Waals surface area (Å²) in [5.74, 6) is 1.75. The van der Waals surface area contributed by atoms with Crippen molar-refractivity contribution in [3.63, 3.8) is 0 Å². The molecular weight excluding hydrogens is 314 g/mol. The predicted octanol–water partition coefficient (Wildman–Crippen LogP) is 5.08. The maximum Gasteiger partial charge on any atom is 0.103 e. The third-order valence-corrected chi connectivity index (χ3v) is 5.27. The Hall–Kier alpha value is -0.320. The van der Waals surface area contributed by atoms with Crippen LogP contribution in [0.3, 0.4) is 0 Å². The van der Waals surface area contributed by atoms with Crippen molar-refractivity contribution in [3.8, 4) is 0 Å². The molecule has 1 heterocycles. The molecular formula is C13H12BrNS2. The van der Waals surface area contributed by atoms with E-state index in [1.165, 1.54) is 28.4 Å². The number of hydrogen-bond acceptors (Lipinski definition) is 3. The highest BCUT2D eigenvalue weighted by Crippen LogP contribution is 2.40. The average molecular weight is 326 g/mol. The lowest BCUT2D eigenvalue weighted by molar-refractivity contribution is 1.03. The molecule has 88 valence electrons. The average Bonchev–Trinajstić information content (AvgIpc) is 3.07. The van der Waals surface area contributed by atoms with E-state index in [2.05, 4.69) is 45.6 Å². The summed E-state index contributed by atoms with van der Waals surface area (Å²) in [6.07, 6.45) is 2.67. The SMILES string of the molecule is Brc1cccc(SCc2nc(C3CC3)cs2)c1. The first kappa shape index (κ1) is 11.8. The second-order valence-corrected chi connectivity index (χ2v) is 7.09. The van der Waals surface area contributed by atoms with E-state index in [1.807, 2.05) is 11.8 Å². The summed E-state index contributed by atoms with van der Waals surface area (Å²) >= 11 is 7.14. The van der Waals surface area contributed by atoms with Crippen molar-refractivity contribution in [2.45, 2.75) is 29.4 Å². The molecule has 0 spiro atoms. The van der Waals surface area contributed by atoms with Crippen LogP contribution >= 0.6 is 39.0 Å². The first-order valence-electron chi connectivity index (χ1n) is 5.64. The molecule has 1 aromatic heterocycles. The highest BCUT2D eigenvalue weighted by molar-refractivity contribution is 9.10. The zero-order chi connectivity index (χ0) is 11.7. The molecule has 0 saturated heterocycles. The van der Waals surface area contributed by atoms with Gasteiger partial charge in [-0.2, -0.15) is 0 Å². The van der Waals surface area contributed by atoms with E-state index in [0.717, 1.165) is 16.1 Å². The molecule has 0 radical (unpaired) electrons. The van der Waals surface area contributed by atoms with Crippen molar-refractivity contribution in [1.82, 2.24) is 4.98 Å². The van der Waals surface area contributed by atoms with Gasteiger partial charge in [-0.05, 0) is 31.0 Å². The van der Waals surface area contributed by atoms with E-state index in [1.54, 1.807) is 11.3 Å². The Bertz CT molecular complexity index is 520. The summed E-state index contributed by atoms with van der Waals surface area (Å²) < 4.78 is 1.14. The molecule has 1 nitrogen and oxygen atoms in total. The molecule has 1 fully saturated rings. The smallest absolute Gasteiger partial charge is 0.103 e. The Kier molecular flexibility index (Phi) is 3.54. The van der Waals surface area contributed by atoms with Gasteiger partial charge in [-0.25, -0.2) is 4.98 Å². The fourth-order valence-electron chi connectivity index (χ4n) is 1.66. The third kappa shape index (κ3) is 3.12. The van der Waals surface area contributed by atoms with E-state index in [0.29, 0.717) is 0 Å². The van der Waals surface area contributed by atoms with Gasteiger partial charge in [-0.3, -0.25) is 0 Å². The normalized spacial score (nSPS) is 15.1. The lowest BCUT2D eigenvalue weighted by atomic mass is 10.3. The molecule has 2 aromatic rings. The van der Waals surface area contributed by atoms with Gasteiger partial charge < -0.3 is 0 Å². The first-order chi connectivity index (χ1) is 8.31. The zero-order valence-corrected chi connectivity index (χ0v) is 12.4. The van der Waals surface area contributed by atoms with Crippen molar-refractivity contribution in [2.75, 3.05) is 0 Å². The van der Waals surface area contributed by atoms with Crippen LogP contribution in [0.15, 0.2) is 39.0 Å². The Morgan fingerprint density at radius 3 is 3.06 bits per heavy atom. The van der Waals surface area contributed by atoms with Gasteiger partial charge in [0.15, 0.2) is 0 Å². The molecule has 1 saturated carbocycles. The lowest BCUT2D eigenvalue weighted by Crippen LogP contribution is -1.82. The second kappa shape index (κ2) is 5.12. The molecule has 4 heteroatoms. The number of nitrogens with zero attached hydrogens (tertiary/aromatic N) is 1. The summed E-state index contributed by atoms with van der Waals surface area (Å²) in [6, 6.07) is 8.42. The lowest BCUT2D eigenvalue weighted by Gasteiger charge is -1.99. The van der Waals surface area contributed by atoms with Gasteiger partial charge in [0, 0.05) is 20.7 Å². The third-order valence-electron chi connectivity index (χ3n) is 2.72. The van der Waals surface area contributed by atoms with Crippen LogP contribution in [0.5, 0.6) is 0 Å². The second-order valence-electron chi connectivity index (χ2n) is 4.19. The first-order valence-corrected chi connectivity index (χ1v) is 8.30. The van der Waals surface area contributed by atoms with Gasteiger partial charge in [-0.15, -0.1) is 23.1 Å². The summed E-state index contributed by atoms with van der Waals surface area (Å²) in [5, 5.41) is 3.48. The number of thiazole rings is 1. The number of thioether (sulfide) groups is 1. The number of rotatable bonds is 4. The largest absolute Gasteiger partial charge is 0.245 e. The number of hydrogen-bond donors (Lipinski definition) is 0. The van der Waals surface area contributed by atoms with Crippen molar-refractivity contribution >= 4 is 39.0 Å². The van der Waals surface area contributed by atoms with E-state index < -0.39 is 0 Å². The van der Waals surface area contributed by atoms with Gasteiger partial charge >= 0.3 is 0 Å². The van der Waals surface area contributed by atoms with Crippen LogP contribution in [0.2, 0.25) is 0 Å². The quantitative estimate of drug-likeness (QED) is 0.727. The summed E-state index contributed by atoms with van der Waals surface area (Å²) in [5.41, 5.74) is 1.32. The van der Waals surface area contributed by atoms with Crippen molar-refractivity contribution in [2.24, 2.45) is 0 Å². The summed E-state index contributed by atoms with van der Waals surface area (Å²) in [6.45, 7) is 0. The van der Waals surface area contributed by atoms with Crippen molar-refractivity contribution in [1.29, 1.82) is 0 Å². The molecule has 0 atom stereocenters. The van der Waals surface area contributed by atoms with E-state index in [9.17, 15) is 0 Å². The van der Waals surface area contributed by atoms with Crippen LogP contribution in [0.25, 0.3) is 0 Å². The van der Waals surface area contributed by atoms with Gasteiger partial charge in [0.25, 0.3) is 0 Å². The Morgan fingerprint density at radius 2 is 2.29 bits per heavy atom. The minimum Gasteiger partial charge on any atom is -0.245 e. The number of halogens is 1. The van der Waals surface area contributed by atoms with Crippen molar-refractivity contribution in [3.05, 3.63) is 44.8 Å². The van der Waals surface area contributed by atoms with Gasteiger partial charge in [-0.1, -0.05) is 22.0 Å². The van der Waals surface area contributed by atoms with Crippen LogP contribution in [-0.4, -0.2) is 4.98 Å². The fourth-order valence-corrected chi connectivity index (χ4v) is 4.06. The molecule has 1 aromatic carbocycles. The van der Waals surface area contributed by atoms with Gasteiger partial charge in [0.1, 0.15) is 5.01 Å². The van der Waals surface area contributed by atoms with Crippen LogP contribution in [0, 0.1) is 0 Å². The minimum atomic E-state index is 0.774. The van der Waals surface area contributed by atoms with Crippen LogP contribution < -0.4 is 0 Å². The standard InChI is InChI=1S/C13H12BrNS2/c14-10-2-1-3-11(6-10)16-8-13-15-12(7-17-13)9-4-5-9/h1-3,6-7,9H,4-5,8H2. The minimum absolute atomic E-state index is 0.774. The molecule has 3 rings (SSSR count). The Morgan fingerprint density at radius 1 is 1.41 bits per heavy atom. The predicted molar refractivity (Wildman–Crippen MR) is 77.8 cm³/mol. The monoisotopic (exact) mass is 325 g/mol. The molecule has 17 heavy (non-hydrogen) atoms. The molecule has 0 bridgehead atoms. The number of aromatic nitrogens is 1. The van der Waals surface area contributed by atoms with Gasteiger partial charge in [0.2, 0.25) is 0 Å². The molecule has 0 N–H and O–H groups in total. The topological polar surface area (TPSA) is 12.9 Å². The maximum atomic E-state index is 4.70. The van der Waals surface area contributed by atoms with Gasteiger partial charge in [0.05, 0.1) is 11.4 Å². The number of benzene rings is 1. The molecule has 0 aliphatic heterocycles. The molecule has 0 amide bonds. The fraction of sp³-hybridized carbons (Fsp3) is 0.308. The van der Waals surface area contributed by atoms with E-state index in [-0.39, 0.29) is 0 Å². The van der Waals surface area contributed by atoms with Crippen molar-refractivity contribution < 1.29 is 0 Å². The maximum absolute atomic E-state index is 4.70. The summed E-state index contributed by atoms with van der Waals surface area (Å²) in [7, 11) is 0. The van der Waals surface area contributed by atoms with Crippen LogP contribution in [0.4, 0.5) is 0 Å². The highest BCUT2D eigenvalue weighted by atomic mass is 79.9. The Balaban J connectivity index is 1.62. The van der Waals surface area contributed by atoms with Crippen LogP contribution in [0.1, 0.15) is 29.5 Å². The highest BCUT2D eigenvalue weighted by Gasteiger charge is 2.25. The van der Waals surface area contributed by atoms with E-state index >= 15 is 0 Å².